The summed E-state index contributed by atoms with van der Waals surface area (Å²) in [6.07, 6.45) is 3.09. The Bertz CT molecular complexity index is 851. The van der Waals surface area contributed by atoms with E-state index in [1.807, 2.05) is 61.5 Å². The number of carbonyl (C=O) groups excluding carboxylic acids is 1. The van der Waals surface area contributed by atoms with Gasteiger partial charge in [0.25, 0.3) is 5.91 Å². The molecule has 132 valence electrons. The quantitative estimate of drug-likeness (QED) is 0.702. The molecule has 0 saturated heterocycles. The Morgan fingerprint density at radius 2 is 1.69 bits per heavy atom. The third-order valence-electron chi connectivity index (χ3n) is 3.89. The third kappa shape index (κ3) is 4.37. The SMILES string of the molecule is CCN(C(=O)c1cnc(NCc2ccc(Cl)cc2)nc1)c1ccccc1. The highest BCUT2D eigenvalue weighted by Crippen LogP contribution is 2.16. The predicted molar refractivity (Wildman–Crippen MR) is 105 cm³/mol. The molecule has 1 N–H and O–H groups in total. The van der Waals surface area contributed by atoms with Gasteiger partial charge in [-0.1, -0.05) is 41.9 Å². The van der Waals surface area contributed by atoms with E-state index >= 15 is 0 Å². The minimum Gasteiger partial charge on any atom is -0.350 e. The van der Waals surface area contributed by atoms with Gasteiger partial charge in [-0.15, -0.1) is 0 Å². The fourth-order valence-corrected chi connectivity index (χ4v) is 2.65. The van der Waals surface area contributed by atoms with Gasteiger partial charge in [0.15, 0.2) is 0 Å². The molecule has 6 heteroatoms. The van der Waals surface area contributed by atoms with Crippen LogP contribution in [0, 0.1) is 0 Å². The molecule has 0 unspecified atom stereocenters. The monoisotopic (exact) mass is 366 g/mol. The standard InChI is InChI=1S/C20H19ClN4O/c1-2-25(18-6-4-3-5-7-18)19(26)16-13-23-20(24-14-16)22-12-15-8-10-17(21)11-9-15/h3-11,13-14H,2,12H2,1H3,(H,22,23,24). The number of nitrogens with zero attached hydrogens (tertiary/aromatic N) is 3. The van der Waals surface area contributed by atoms with Crippen molar-refractivity contribution in [1.82, 2.24) is 9.97 Å². The van der Waals surface area contributed by atoms with Crippen LogP contribution in [0.5, 0.6) is 0 Å². The summed E-state index contributed by atoms with van der Waals surface area (Å²) in [6, 6.07) is 17.1. The van der Waals surface area contributed by atoms with Crippen LogP contribution in [0.4, 0.5) is 11.6 Å². The predicted octanol–water partition coefficient (Wildman–Crippen LogP) is 4.41. The Morgan fingerprint density at radius 1 is 1.04 bits per heavy atom. The Kier molecular flexibility index (Phi) is 5.81. The molecule has 2 aromatic carbocycles. The van der Waals surface area contributed by atoms with Gasteiger partial charge in [0, 0.05) is 36.2 Å². The average molecular weight is 367 g/mol. The largest absolute Gasteiger partial charge is 0.350 e. The zero-order valence-corrected chi connectivity index (χ0v) is 15.1. The van der Waals surface area contributed by atoms with E-state index in [9.17, 15) is 4.79 Å². The number of amides is 1. The second-order valence-corrected chi connectivity index (χ2v) is 6.10. The highest BCUT2D eigenvalue weighted by Gasteiger charge is 2.16. The maximum atomic E-state index is 12.7. The smallest absolute Gasteiger partial charge is 0.261 e. The number of halogens is 1. The molecule has 3 rings (SSSR count). The number of nitrogens with one attached hydrogen (secondary N) is 1. The Labute approximate surface area is 157 Å². The molecule has 1 amide bonds. The Balaban J connectivity index is 1.66. The fraction of sp³-hybridized carbons (Fsp3) is 0.150. The van der Waals surface area contributed by atoms with E-state index in [0.29, 0.717) is 29.6 Å². The molecule has 0 saturated carbocycles. The van der Waals surface area contributed by atoms with E-state index in [-0.39, 0.29) is 5.91 Å². The topological polar surface area (TPSA) is 58.1 Å². The lowest BCUT2D eigenvalue weighted by molar-refractivity contribution is 0.0987. The average Bonchev–Trinajstić information content (AvgIpc) is 2.69. The molecule has 0 bridgehead atoms. The van der Waals surface area contributed by atoms with Crippen molar-refractivity contribution in [2.75, 3.05) is 16.8 Å². The van der Waals surface area contributed by atoms with Gasteiger partial charge in [-0.05, 0) is 36.8 Å². The first-order valence-corrected chi connectivity index (χ1v) is 8.72. The summed E-state index contributed by atoms with van der Waals surface area (Å²) in [7, 11) is 0. The molecule has 1 heterocycles. The van der Waals surface area contributed by atoms with Crippen LogP contribution in [0.1, 0.15) is 22.8 Å². The number of benzene rings is 2. The van der Waals surface area contributed by atoms with Crippen molar-refractivity contribution in [3.05, 3.63) is 83.1 Å². The molecule has 3 aromatic rings. The highest BCUT2D eigenvalue weighted by molar-refractivity contribution is 6.30. The van der Waals surface area contributed by atoms with Gasteiger partial charge in [-0.3, -0.25) is 4.79 Å². The molecule has 0 aliphatic rings. The van der Waals surface area contributed by atoms with Gasteiger partial charge < -0.3 is 10.2 Å². The van der Waals surface area contributed by atoms with E-state index in [1.54, 1.807) is 17.3 Å². The zero-order chi connectivity index (χ0) is 18.4. The number of hydrogen-bond acceptors (Lipinski definition) is 4. The summed E-state index contributed by atoms with van der Waals surface area (Å²) >= 11 is 5.88. The number of anilines is 2. The third-order valence-corrected chi connectivity index (χ3v) is 4.14. The van der Waals surface area contributed by atoms with E-state index in [4.69, 9.17) is 11.6 Å². The number of carbonyl (C=O) groups is 1. The number of aromatic nitrogens is 2. The second-order valence-electron chi connectivity index (χ2n) is 5.66. The summed E-state index contributed by atoms with van der Waals surface area (Å²) in [5.41, 5.74) is 2.37. The van der Waals surface area contributed by atoms with Gasteiger partial charge >= 0.3 is 0 Å². The number of rotatable bonds is 6. The molecular formula is C20H19ClN4O. The first kappa shape index (κ1) is 17.9. The Hall–Kier alpha value is -2.92. The van der Waals surface area contributed by atoms with Crippen molar-refractivity contribution < 1.29 is 4.79 Å². The minimum absolute atomic E-state index is 0.122. The number of para-hydroxylation sites is 1. The van der Waals surface area contributed by atoms with E-state index in [0.717, 1.165) is 11.3 Å². The van der Waals surface area contributed by atoms with Gasteiger partial charge in [0.05, 0.1) is 5.56 Å². The van der Waals surface area contributed by atoms with Crippen LogP contribution in [-0.4, -0.2) is 22.4 Å². The summed E-state index contributed by atoms with van der Waals surface area (Å²) < 4.78 is 0. The van der Waals surface area contributed by atoms with Gasteiger partial charge in [-0.2, -0.15) is 0 Å². The van der Waals surface area contributed by atoms with Crippen LogP contribution in [0.25, 0.3) is 0 Å². The highest BCUT2D eigenvalue weighted by atomic mass is 35.5. The van der Waals surface area contributed by atoms with Crippen LogP contribution in [0.2, 0.25) is 5.02 Å². The van der Waals surface area contributed by atoms with Gasteiger partial charge in [0.1, 0.15) is 0 Å². The summed E-state index contributed by atoms with van der Waals surface area (Å²) in [4.78, 5) is 22.9. The van der Waals surface area contributed by atoms with Crippen LogP contribution in [0.15, 0.2) is 67.0 Å². The van der Waals surface area contributed by atoms with Gasteiger partial charge in [-0.25, -0.2) is 9.97 Å². The van der Waals surface area contributed by atoms with Crippen molar-refractivity contribution in [3.8, 4) is 0 Å². The zero-order valence-electron chi connectivity index (χ0n) is 14.4. The summed E-state index contributed by atoms with van der Waals surface area (Å²) in [5.74, 6) is 0.349. The molecule has 0 spiro atoms. The van der Waals surface area contributed by atoms with Gasteiger partial charge in [0.2, 0.25) is 5.95 Å². The van der Waals surface area contributed by atoms with Crippen molar-refractivity contribution in [2.24, 2.45) is 0 Å². The van der Waals surface area contributed by atoms with Crippen LogP contribution >= 0.6 is 11.6 Å². The first-order valence-electron chi connectivity index (χ1n) is 8.34. The molecule has 5 nitrogen and oxygen atoms in total. The summed E-state index contributed by atoms with van der Waals surface area (Å²) in [6.45, 7) is 3.09. The van der Waals surface area contributed by atoms with Crippen LogP contribution < -0.4 is 10.2 Å². The minimum atomic E-state index is -0.122. The molecule has 0 fully saturated rings. The molecule has 1 aromatic heterocycles. The van der Waals surface area contributed by atoms with Crippen molar-refractivity contribution >= 4 is 29.1 Å². The summed E-state index contributed by atoms with van der Waals surface area (Å²) in [5, 5.41) is 3.83. The van der Waals surface area contributed by atoms with Crippen molar-refractivity contribution in [2.45, 2.75) is 13.5 Å². The lowest BCUT2D eigenvalue weighted by atomic mass is 10.2. The second kappa shape index (κ2) is 8.45. The molecular weight excluding hydrogens is 348 g/mol. The maximum absolute atomic E-state index is 12.7. The maximum Gasteiger partial charge on any atom is 0.261 e. The first-order chi connectivity index (χ1) is 12.7. The normalized spacial score (nSPS) is 10.4. The molecule has 26 heavy (non-hydrogen) atoms. The lowest BCUT2D eigenvalue weighted by Crippen LogP contribution is -2.30. The number of hydrogen-bond donors (Lipinski definition) is 1. The van der Waals surface area contributed by atoms with Crippen LogP contribution in [-0.2, 0) is 6.54 Å². The molecule has 0 radical (unpaired) electrons. The molecule has 0 aliphatic heterocycles. The van der Waals surface area contributed by atoms with E-state index < -0.39 is 0 Å². The van der Waals surface area contributed by atoms with E-state index in [1.165, 1.54) is 0 Å². The van der Waals surface area contributed by atoms with Crippen molar-refractivity contribution in [1.29, 1.82) is 0 Å². The van der Waals surface area contributed by atoms with E-state index in [2.05, 4.69) is 15.3 Å². The Morgan fingerprint density at radius 3 is 2.31 bits per heavy atom. The van der Waals surface area contributed by atoms with Crippen LogP contribution in [0.3, 0.4) is 0 Å². The fourth-order valence-electron chi connectivity index (χ4n) is 2.52. The molecule has 0 aliphatic carbocycles. The lowest BCUT2D eigenvalue weighted by Gasteiger charge is -2.20. The molecule has 0 atom stereocenters. The van der Waals surface area contributed by atoms with Crippen molar-refractivity contribution in [3.63, 3.8) is 0 Å².